The fourth-order valence-corrected chi connectivity index (χ4v) is 5.02. The Morgan fingerprint density at radius 1 is 1.17 bits per heavy atom. The Hall–Kier alpha value is -1.60. The lowest BCUT2D eigenvalue weighted by atomic mass is 9.97. The fourth-order valence-electron chi connectivity index (χ4n) is 3.94. The Kier molecular flexibility index (Phi) is 7.45. The van der Waals surface area contributed by atoms with Gasteiger partial charge in [-0.15, -0.1) is 11.8 Å². The molecule has 1 aromatic rings. The molecule has 6 nitrogen and oxygen atoms in total. The van der Waals surface area contributed by atoms with Crippen LogP contribution in [-0.4, -0.2) is 45.1 Å². The lowest BCUT2D eigenvalue weighted by Gasteiger charge is -2.23. The number of nitrogens with one attached hydrogen (secondary N) is 2. The van der Waals surface area contributed by atoms with E-state index in [0.717, 1.165) is 60.1 Å². The number of thioether (sulfide) groups is 1. The van der Waals surface area contributed by atoms with E-state index in [-0.39, 0.29) is 12.0 Å². The Labute approximate surface area is 185 Å². The summed E-state index contributed by atoms with van der Waals surface area (Å²) < 4.78 is 0. The molecular weight excluding hydrogens is 394 g/mol. The first-order valence-corrected chi connectivity index (χ1v) is 12.1. The van der Waals surface area contributed by atoms with Crippen LogP contribution in [0.25, 0.3) is 0 Å². The summed E-state index contributed by atoms with van der Waals surface area (Å²) in [5, 5.41) is 17.6. The van der Waals surface area contributed by atoms with Crippen LogP contribution in [0.1, 0.15) is 71.6 Å². The van der Waals surface area contributed by atoms with Crippen molar-refractivity contribution in [3.63, 3.8) is 0 Å². The van der Waals surface area contributed by atoms with Crippen LogP contribution in [0.5, 0.6) is 0 Å². The molecule has 7 heteroatoms. The van der Waals surface area contributed by atoms with Gasteiger partial charge in [0.15, 0.2) is 0 Å². The maximum Gasteiger partial charge on any atom is 0.224 e. The van der Waals surface area contributed by atoms with E-state index < -0.39 is 0 Å². The first kappa shape index (κ1) is 23.1. The molecule has 2 unspecified atom stereocenters. The van der Waals surface area contributed by atoms with Crippen molar-refractivity contribution in [2.45, 2.75) is 73.3 Å². The summed E-state index contributed by atoms with van der Waals surface area (Å²) in [6, 6.07) is 0.322. The van der Waals surface area contributed by atoms with Crippen molar-refractivity contribution >= 4 is 28.6 Å². The summed E-state index contributed by atoms with van der Waals surface area (Å²) in [6.45, 7) is 14.0. The molecule has 166 valence electrons. The molecule has 1 aliphatic carbocycles. The van der Waals surface area contributed by atoms with Crippen LogP contribution >= 0.6 is 11.8 Å². The number of aryl methyl sites for hydroxylation is 1. The lowest BCUT2D eigenvalue weighted by molar-refractivity contribution is 0.229. The van der Waals surface area contributed by atoms with Gasteiger partial charge in [0.2, 0.25) is 5.95 Å². The molecule has 0 bridgehead atoms. The number of hydrogen-bond acceptors (Lipinski definition) is 7. The highest BCUT2D eigenvalue weighted by atomic mass is 32.2. The van der Waals surface area contributed by atoms with Crippen molar-refractivity contribution < 1.29 is 5.11 Å². The number of nitrogens with zero attached hydrogens (tertiary/aromatic N) is 3. The highest BCUT2D eigenvalue weighted by Gasteiger charge is 2.27. The second-order valence-corrected chi connectivity index (χ2v) is 10.7. The molecule has 0 radical (unpaired) electrons. The number of aromatic nitrogens is 2. The standard InChI is InChI=1S/C23H37N5OS/c1-7-18-14(2)12-30-21(27-18)19-15(3)25-22(24-13-23(4,5)6)28-20(19)26-17-9-8-16(10-17)11-29/h16-17,29H,7-13H2,1-6H3,(H2,24,25,26,28). The first-order valence-electron chi connectivity index (χ1n) is 11.1. The van der Waals surface area contributed by atoms with E-state index in [2.05, 4.69) is 52.2 Å². The van der Waals surface area contributed by atoms with Crippen molar-refractivity contribution in [3.8, 4) is 0 Å². The molecule has 2 atom stereocenters. The average molecular weight is 432 g/mol. The summed E-state index contributed by atoms with van der Waals surface area (Å²) in [7, 11) is 0. The molecule has 1 fully saturated rings. The molecule has 0 saturated heterocycles. The monoisotopic (exact) mass is 431 g/mol. The smallest absolute Gasteiger partial charge is 0.224 e. The van der Waals surface area contributed by atoms with Crippen LogP contribution in [0.2, 0.25) is 0 Å². The average Bonchev–Trinajstić information content (AvgIpc) is 3.14. The maximum absolute atomic E-state index is 9.53. The lowest BCUT2D eigenvalue weighted by Crippen LogP contribution is -2.24. The molecule has 30 heavy (non-hydrogen) atoms. The van der Waals surface area contributed by atoms with Gasteiger partial charge in [-0.3, -0.25) is 0 Å². The van der Waals surface area contributed by atoms with Crippen molar-refractivity contribution in [1.29, 1.82) is 0 Å². The number of rotatable bonds is 7. The molecule has 1 aliphatic heterocycles. The van der Waals surface area contributed by atoms with Gasteiger partial charge < -0.3 is 15.7 Å². The summed E-state index contributed by atoms with van der Waals surface area (Å²) in [4.78, 5) is 14.6. The van der Waals surface area contributed by atoms with E-state index in [1.807, 2.05) is 0 Å². The van der Waals surface area contributed by atoms with Crippen molar-refractivity contribution in [3.05, 3.63) is 22.5 Å². The van der Waals surface area contributed by atoms with Crippen LogP contribution in [0.4, 0.5) is 11.8 Å². The summed E-state index contributed by atoms with van der Waals surface area (Å²) in [6.07, 6.45) is 4.02. The third-order valence-corrected chi connectivity index (χ3v) is 6.86. The molecule has 3 rings (SSSR count). The van der Waals surface area contributed by atoms with Crippen molar-refractivity contribution in [2.24, 2.45) is 16.3 Å². The van der Waals surface area contributed by atoms with E-state index in [0.29, 0.717) is 17.9 Å². The van der Waals surface area contributed by atoms with Gasteiger partial charge in [0.25, 0.3) is 0 Å². The van der Waals surface area contributed by atoms with Gasteiger partial charge >= 0.3 is 0 Å². The number of hydrogen-bond donors (Lipinski definition) is 3. The Morgan fingerprint density at radius 3 is 2.57 bits per heavy atom. The zero-order chi connectivity index (χ0) is 21.9. The predicted octanol–water partition coefficient (Wildman–Crippen LogP) is 4.99. The molecule has 2 aliphatic rings. The van der Waals surface area contributed by atoms with E-state index in [9.17, 15) is 5.11 Å². The largest absolute Gasteiger partial charge is 0.396 e. The number of allylic oxidation sites excluding steroid dienone is 1. The minimum absolute atomic E-state index is 0.144. The van der Waals surface area contributed by atoms with Gasteiger partial charge in [0.1, 0.15) is 10.9 Å². The van der Waals surface area contributed by atoms with Crippen LogP contribution in [0.15, 0.2) is 16.3 Å². The number of aliphatic hydroxyl groups excluding tert-OH is 1. The number of aliphatic hydroxyl groups is 1. The third-order valence-electron chi connectivity index (χ3n) is 5.71. The summed E-state index contributed by atoms with van der Waals surface area (Å²) >= 11 is 1.77. The molecule has 0 spiro atoms. The van der Waals surface area contributed by atoms with Crippen molar-refractivity contribution in [2.75, 3.05) is 29.5 Å². The Balaban J connectivity index is 1.95. The number of aliphatic imine (C=N–C) groups is 1. The van der Waals surface area contributed by atoms with E-state index in [4.69, 9.17) is 15.0 Å². The topological polar surface area (TPSA) is 82.4 Å². The van der Waals surface area contributed by atoms with E-state index in [1.165, 1.54) is 11.3 Å². The SMILES string of the molecule is CCC1=C(C)CSC(c2c(C)nc(NCC(C)(C)C)nc2NC2CCC(CO)C2)=N1. The van der Waals surface area contributed by atoms with Crippen LogP contribution in [0, 0.1) is 18.3 Å². The maximum atomic E-state index is 9.53. The van der Waals surface area contributed by atoms with Crippen LogP contribution < -0.4 is 10.6 Å². The molecular formula is C23H37N5OS. The summed E-state index contributed by atoms with van der Waals surface area (Å²) in [5.41, 5.74) is 4.63. The second kappa shape index (κ2) is 9.69. The van der Waals surface area contributed by atoms with E-state index >= 15 is 0 Å². The first-order chi connectivity index (χ1) is 14.2. The molecule has 1 saturated carbocycles. The van der Waals surface area contributed by atoms with Gasteiger partial charge in [0, 0.05) is 30.6 Å². The normalized spacial score (nSPS) is 22.3. The summed E-state index contributed by atoms with van der Waals surface area (Å²) in [5.74, 6) is 2.87. The van der Waals surface area contributed by atoms with Crippen LogP contribution in [0.3, 0.4) is 0 Å². The van der Waals surface area contributed by atoms with Crippen molar-refractivity contribution in [1.82, 2.24) is 9.97 Å². The quantitative estimate of drug-likeness (QED) is 0.564. The van der Waals surface area contributed by atoms with Gasteiger partial charge in [-0.05, 0) is 56.4 Å². The minimum atomic E-state index is 0.144. The highest BCUT2D eigenvalue weighted by molar-refractivity contribution is 8.14. The van der Waals surface area contributed by atoms with Gasteiger partial charge in [-0.25, -0.2) is 9.98 Å². The highest BCUT2D eigenvalue weighted by Crippen LogP contribution is 2.34. The molecule has 2 heterocycles. The molecule has 0 amide bonds. The fraction of sp³-hybridized carbons (Fsp3) is 0.696. The Bertz CT molecular complexity index is 828. The zero-order valence-corrected chi connectivity index (χ0v) is 20.1. The molecule has 3 N–H and O–H groups in total. The predicted molar refractivity (Wildman–Crippen MR) is 129 cm³/mol. The minimum Gasteiger partial charge on any atom is -0.396 e. The van der Waals surface area contributed by atoms with E-state index in [1.54, 1.807) is 11.8 Å². The van der Waals surface area contributed by atoms with Crippen LogP contribution in [-0.2, 0) is 0 Å². The van der Waals surface area contributed by atoms with Gasteiger partial charge in [-0.2, -0.15) is 4.98 Å². The van der Waals surface area contributed by atoms with Gasteiger partial charge in [-0.1, -0.05) is 27.7 Å². The molecule has 0 aromatic carbocycles. The number of anilines is 2. The van der Waals surface area contributed by atoms with Gasteiger partial charge in [0.05, 0.1) is 11.3 Å². The third kappa shape index (κ3) is 5.76. The Morgan fingerprint density at radius 2 is 1.93 bits per heavy atom. The second-order valence-electron chi connectivity index (χ2n) is 9.76. The molecule has 1 aromatic heterocycles. The zero-order valence-electron chi connectivity index (χ0n) is 19.3.